The minimum Gasteiger partial charge on any atom is -0.338 e. The first-order valence-corrected chi connectivity index (χ1v) is 9.71. The summed E-state index contributed by atoms with van der Waals surface area (Å²) in [5, 5.41) is 13.2. The van der Waals surface area contributed by atoms with E-state index >= 15 is 0 Å². The van der Waals surface area contributed by atoms with Gasteiger partial charge in [-0.15, -0.1) is 10.2 Å². The van der Waals surface area contributed by atoms with Crippen LogP contribution in [0.25, 0.3) is 0 Å². The number of amides is 3. The Morgan fingerprint density at radius 1 is 1.19 bits per heavy atom. The molecule has 0 aliphatic carbocycles. The minimum absolute atomic E-state index is 0.379. The fraction of sp³-hybridized carbons (Fsp3) is 0.444. The van der Waals surface area contributed by atoms with Gasteiger partial charge in [0.2, 0.25) is 5.91 Å². The van der Waals surface area contributed by atoms with Crippen LogP contribution in [-0.4, -0.2) is 33.2 Å². The molecule has 0 radical (unpaired) electrons. The zero-order valence-corrected chi connectivity index (χ0v) is 16.0. The third-order valence-electron chi connectivity index (χ3n) is 3.72. The summed E-state index contributed by atoms with van der Waals surface area (Å²) in [5.41, 5.74) is 0.808. The van der Waals surface area contributed by atoms with Crippen molar-refractivity contribution in [3.05, 3.63) is 42.2 Å². The Hall–Kier alpha value is -2.35. The first-order valence-electron chi connectivity index (χ1n) is 8.83. The van der Waals surface area contributed by atoms with Crippen LogP contribution >= 0.6 is 11.8 Å². The fourth-order valence-corrected chi connectivity index (χ4v) is 3.45. The number of unbranched alkanes of at least 4 members (excludes halogenated alkanes) is 2. The van der Waals surface area contributed by atoms with Crippen molar-refractivity contribution in [2.45, 2.75) is 50.1 Å². The van der Waals surface area contributed by atoms with E-state index in [9.17, 15) is 9.59 Å². The highest BCUT2D eigenvalue weighted by atomic mass is 32.2. The normalized spacial score (nSPS) is 11.8. The zero-order chi connectivity index (χ0) is 18.8. The summed E-state index contributed by atoms with van der Waals surface area (Å²) >= 11 is 1.30. The van der Waals surface area contributed by atoms with Crippen LogP contribution < -0.4 is 10.6 Å². The first kappa shape index (κ1) is 20.0. The topological polar surface area (TPSA) is 88.9 Å². The summed E-state index contributed by atoms with van der Waals surface area (Å²) in [6.45, 7) is 5.21. The monoisotopic (exact) mass is 375 g/mol. The molecule has 2 aromatic rings. The SMILES string of the molecule is CCCCCn1cnnc1S[C@H](C(=O)NC(=O)NCC)c1ccccc1. The second kappa shape index (κ2) is 10.6. The van der Waals surface area contributed by atoms with Gasteiger partial charge in [0, 0.05) is 13.1 Å². The molecule has 1 atom stereocenters. The van der Waals surface area contributed by atoms with Gasteiger partial charge in [-0.05, 0) is 18.9 Å². The van der Waals surface area contributed by atoms with Crippen molar-refractivity contribution in [2.24, 2.45) is 0 Å². The molecule has 3 amide bonds. The molecule has 0 aliphatic rings. The number of aromatic nitrogens is 3. The van der Waals surface area contributed by atoms with Gasteiger partial charge in [-0.2, -0.15) is 0 Å². The van der Waals surface area contributed by atoms with E-state index in [-0.39, 0.29) is 5.91 Å². The zero-order valence-electron chi connectivity index (χ0n) is 15.1. The van der Waals surface area contributed by atoms with E-state index in [1.54, 1.807) is 13.3 Å². The number of hydrogen-bond donors (Lipinski definition) is 2. The molecule has 0 unspecified atom stereocenters. The van der Waals surface area contributed by atoms with E-state index in [1.165, 1.54) is 11.8 Å². The number of urea groups is 1. The molecule has 1 aromatic carbocycles. The quantitative estimate of drug-likeness (QED) is 0.519. The fourth-order valence-electron chi connectivity index (χ4n) is 2.41. The molecule has 26 heavy (non-hydrogen) atoms. The van der Waals surface area contributed by atoms with E-state index in [4.69, 9.17) is 0 Å². The summed E-state index contributed by atoms with van der Waals surface area (Å²) < 4.78 is 1.95. The average Bonchev–Trinajstić information content (AvgIpc) is 3.08. The molecule has 0 fully saturated rings. The Labute approximate surface area is 158 Å². The Balaban J connectivity index is 2.16. The van der Waals surface area contributed by atoms with Crippen LogP contribution in [0.15, 0.2) is 41.8 Å². The van der Waals surface area contributed by atoms with Crippen LogP contribution in [0.3, 0.4) is 0 Å². The van der Waals surface area contributed by atoms with Gasteiger partial charge in [-0.3, -0.25) is 10.1 Å². The highest BCUT2D eigenvalue weighted by Crippen LogP contribution is 2.34. The molecule has 8 heteroatoms. The Morgan fingerprint density at radius 3 is 2.65 bits per heavy atom. The molecule has 2 rings (SSSR count). The van der Waals surface area contributed by atoms with Gasteiger partial charge in [0.15, 0.2) is 5.16 Å². The Kier molecular flexibility index (Phi) is 8.14. The number of carbonyl (C=O) groups is 2. The number of nitrogens with one attached hydrogen (secondary N) is 2. The number of hydrogen-bond acceptors (Lipinski definition) is 5. The smallest absolute Gasteiger partial charge is 0.321 e. The molecule has 0 saturated heterocycles. The Bertz CT molecular complexity index is 705. The third-order valence-corrected chi connectivity index (χ3v) is 4.97. The third kappa shape index (κ3) is 5.87. The van der Waals surface area contributed by atoms with Gasteiger partial charge in [0.05, 0.1) is 0 Å². The van der Waals surface area contributed by atoms with Crippen LogP contribution in [0.4, 0.5) is 4.79 Å². The van der Waals surface area contributed by atoms with Gasteiger partial charge in [0.25, 0.3) is 0 Å². The molecule has 7 nitrogen and oxygen atoms in total. The van der Waals surface area contributed by atoms with Crippen LogP contribution in [0.5, 0.6) is 0 Å². The lowest BCUT2D eigenvalue weighted by atomic mass is 10.1. The van der Waals surface area contributed by atoms with Crippen molar-refractivity contribution >= 4 is 23.7 Å². The number of imide groups is 1. The summed E-state index contributed by atoms with van der Waals surface area (Å²) in [7, 11) is 0. The average molecular weight is 375 g/mol. The maximum Gasteiger partial charge on any atom is 0.321 e. The molecule has 1 heterocycles. The van der Waals surface area contributed by atoms with Crippen molar-refractivity contribution in [3.63, 3.8) is 0 Å². The van der Waals surface area contributed by atoms with Crippen molar-refractivity contribution in [3.8, 4) is 0 Å². The van der Waals surface area contributed by atoms with Crippen molar-refractivity contribution in [2.75, 3.05) is 6.54 Å². The maximum atomic E-state index is 12.7. The minimum atomic E-state index is -0.590. The van der Waals surface area contributed by atoms with E-state index in [0.29, 0.717) is 11.7 Å². The highest BCUT2D eigenvalue weighted by molar-refractivity contribution is 8.00. The molecule has 0 spiro atoms. The highest BCUT2D eigenvalue weighted by Gasteiger charge is 2.25. The van der Waals surface area contributed by atoms with E-state index in [1.807, 2.05) is 34.9 Å². The lowest BCUT2D eigenvalue weighted by Crippen LogP contribution is -2.41. The van der Waals surface area contributed by atoms with Gasteiger partial charge in [0.1, 0.15) is 11.6 Å². The number of carbonyl (C=O) groups excluding carboxylic acids is 2. The number of benzene rings is 1. The maximum absolute atomic E-state index is 12.7. The number of nitrogens with zero attached hydrogens (tertiary/aromatic N) is 3. The van der Waals surface area contributed by atoms with Crippen LogP contribution in [0, 0.1) is 0 Å². The predicted molar refractivity (Wildman–Crippen MR) is 102 cm³/mol. The van der Waals surface area contributed by atoms with Crippen molar-refractivity contribution in [1.29, 1.82) is 0 Å². The Morgan fingerprint density at radius 2 is 1.96 bits per heavy atom. The molecule has 1 aromatic heterocycles. The number of thioether (sulfide) groups is 1. The first-order chi connectivity index (χ1) is 12.7. The van der Waals surface area contributed by atoms with Gasteiger partial charge in [-0.1, -0.05) is 61.9 Å². The summed E-state index contributed by atoms with van der Waals surface area (Å²) in [6.07, 6.45) is 4.97. The summed E-state index contributed by atoms with van der Waals surface area (Å²) in [4.78, 5) is 24.4. The summed E-state index contributed by atoms with van der Waals surface area (Å²) in [6, 6.07) is 8.87. The largest absolute Gasteiger partial charge is 0.338 e. The second-order valence-electron chi connectivity index (χ2n) is 5.77. The van der Waals surface area contributed by atoms with Crippen LogP contribution in [-0.2, 0) is 11.3 Å². The van der Waals surface area contributed by atoms with Gasteiger partial charge in [-0.25, -0.2) is 4.79 Å². The van der Waals surface area contributed by atoms with Crippen molar-refractivity contribution < 1.29 is 9.59 Å². The molecular weight excluding hydrogens is 350 g/mol. The summed E-state index contributed by atoms with van der Waals surface area (Å²) in [5.74, 6) is -0.379. The molecule has 0 aliphatic heterocycles. The lowest BCUT2D eigenvalue weighted by Gasteiger charge is -2.16. The lowest BCUT2D eigenvalue weighted by molar-refractivity contribution is -0.119. The van der Waals surface area contributed by atoms with E-state index < -0.39 is 11.3 Å². The molecule has 140 valence electrons. The number of rotatable bonds is 9. The number of aryl methyl sites for hydroxylation is 1. The standard InChI is InChI=1S/C18H25N5O2S/c1-3-5-9-12-23-13-20-22-18(23)26-15(14-10-7-6-8-11-14)16(24)21-17(25)19-4-2/h6-8,10-11,13,15H,3-5,9,12H2,1-2H3,(H2,19,21,24,25)/t15-/m0/s1. The molecule has 0 saturated carbocycles. The van der Waals surface area contributed by atoms with E-state index in [2.05, 4.69) is 27.8 Å². The van der Waals surface area contributed by atoms with Gasteiger partial charge >= 0.3 is 6.03 Å². The van der Waals surface area contributed by atoms with Crippen LogP contribution in [0.2, 0.25) is 0 Å². The van der Waals surface area contributed by atoms with Crippen LogP contribution in [0.1, 0.15) is 43.9 Å². The predicted octanol–water partition coefficient (Wildman–Crippen LogP) is 3.15. The second-order valence-corrected chi connectivity index (χ2v) is 6.84. The van der Waals surface area contributed by atoms with E-state index in [0.717, 1.165) is 31.4 Å². The molecular formula is C18H25N5O2S. The van der Waals surface area contributed by atoms with Crippen molar-refractivity contribution in [1.82, 2.24) is 25.4 Å². The van der Waals surface area contributed by atoms with Gasteiger partial charge < -0.3 is 9.88 Å². The molecule has 2 N–H and O–H groups in total. The molecule has 0 bridgehead atoms.